The van der Waals surface area contributed by atoms with Crippen LogP contribution in [-0.4, -0.2) is 21.6 Å². The lowest BCUT2D eigenvalue weighted by Crippen LogP contribution is -2.31. The van der Waals surface area contributed by atoms with Crippen LogP contribution in [0.15, 0.2) is 36.8 Å². The van der Waals surface area contributed by atoms with Gasteiger partial charge in [-0.15, -0.1) is 0 Å². The van der Waals surface area contributed by atoms with Gasteiger partial charge >= 0.3 is 5.97 Å². The SMILES string of the molecule is CC(C)CCCC(=O)OC(CC1c2ccccc2-c2cncn21)C1CCCCC1. The molecule has 0 saturated heterocycles. The Balaban J connectivity index is 1.50. The van der Waals surface area contributed by atoms with Crippen LogP contribution in [0.5, 0.6) is 0 Å². The van der Waals surface area contributed by atoms with E-state index in [0.717, 1.165) is 19.3 Å². The van der Waals surface area contributed by atoms with Crippen molar-refractivity contribution in [3.63, 3.8) is 0 Å². The van der Waals surface area contributed by atoms with Gasteiger partial charge in [0.2, 0.25) is 0 Å². The van der Waals surface area contributed by atoms with Crippen molar-refractivity contribution in [2.24, 2.45) is 11.8 Å². The zero-order valence-corrected chi connectivity index (χ0v) is 17.8. The minimum absolute atomic E-state index is 0.00624. The number of rotatable bonds is 8. The summed E-state index contributed by atoms with van der Waals surface area (Å²) in [7, 11) is 0. The highest BCUT2D eigenvalue weighted by Gasteiger charge is 2.35. The first-order valence-corrected chi connectivity index (χ1v) is 11.4. The predicted molar refractivity (Wildman–Crippen MR) is 116 cm³/mol. The Labute approximate surface area is 174 Å². The molecule has 1 fully saturated rings. The van der Waals surface area contributed by atoms with E-state index in [4.69, 9.17) is 4.74 Å². The molecule has 0 spiro atoms. The summed E-state index contributed by atoms with van der Waals surface area (Å²) >= 11 is 0. The topological polar surface area (TPSA) is 44.1 Å². The average Bonchev–Trinajstić information content (AvgIpc) is 3.30. The number of carbonyl (C=O) groups excluding carboxylic acids is 1. The number of hydrogen-bond acceptors (Lipinski definition) is 3. The van der Waals surface area contributed by atoms with Crippen molar-refractivity contribution >= 4 is 5.97 Å². The van der Waals surface area contributed by atoms with Gasteiger partial charge in [-0.25, -0.2) is 4.98 Å². The third-order valence-electron chi connectivity index (χ3n) is 6.67. The van der Waals surface area contributed by atoms with Gasteiger partial charge in [0.25, 0.3) is 0 Å². The number of imidazole rings is 1. The number of hydrogen-bond donors (Lipinski definition) is 0. The Morgan fingerprint density at radius 2 is 2.00 bits per heavy atom. The molecule has 4 heteroatoms. The molecular weight excluding hydrogens is 360 g/mol. The van der Waals surface area contributed by atoms with E-state index in [2.05, 4.69) is 47.7 Å². The second-order valence-corrected chi connectivity index (χ2v) is 9.24. The summed E-state index contributed by atoms with van der Waals surface area (Å²) in [6, 6.07) is 8.80. The second kappa shape index (κ2) is 9.15. The standard InChI is InChI=1S/C25H34N2O2/c1-18(2)9-8-14-25(28)29-24(19-10-4-3-5-11-19)15-22-20-12-6-7-13-21(20)23-16-26-17-27(22)23/h6-7,12-13,16-19,22,24H,3-5,8-11,14-15H2,1-2H3. The molecule has 2 aliphatic rings. The van der Waals surface area contributed by atoms with Crippen molar-refractivity contribution < 1.29 is 9.53 Å². The first-order valence-electron chi connectivity index (χ1n) is 11.4. The number of carbonyl (C=O) groups is 1. The minimum Gasteiger partial charge on any atom is -0.462 e. The molecule has 1 aliphatic carbocycles. The molecule has 0 amide bonds. The van der Waals surface area contributed by atoms with Gasteiger partial charge in [0.15, 0.2) is 0 Å². The number of fused-ring (bicyclic) bond motifs is 3. The number of aromatic nitrogens is 2. The monoisotopic (exact) mass is 394 g/mol. The number of nitrogens with zero attached hydrogens (tertiary/aromatic N) is 2. The summed E-state index contributed by atoms with van der Waals surface area (Å²) in [4.78, 5) is 17.0. The van der Waals surface area contributed by atoms with Gasteiger partial charge < -0.3 is 9.30 Å². The van der Waals surface area contributed by atoms with Crippen molar-refractivity contribution in [1.29, 1.82) is 0 Å². The molecule has 2 heterocycles. The fourth-order valence-electron chi connectivity index (χ4n) is 5.12. The van der Waals surface area contributed by atoms with E-state index >= 15 is 0 Å². The maximum Gasteiger partial charge on any atom is 0.306 e. The molecule has 4 nitrogen and oxygen atoms in total. The Kier molecular flexibility index (Phi) is 6.37. The molecule has 0 bridgehead atoms. The van der Waals surface area contributed by atoms with E-state index in [9.17, 15) is 4.79 Å². The summed E-state index contributed by atoms with van der Waals surface area (Å²) in [5, 5.41) is 0. The average molecular weight is 395 g/mol. The van der Waals surface area contributed by atoms with E-state index in [1.807, 2.05) is 12.5 Å². The van der Waals surface area contributed by atoms with Gasteiger partial charge in [0.05, 0.1) is 24.3 Å². The highest BCUT2D eigenvalue weighted by molar-refractivity contribution is 5.70. The molecule has 2 unspecified atom stereocenters. The van der Waals surface area contributed by atoms with E-state index < -0.39 is 0 Å². The molecule has 2 aromatic rings. The molecule has 0 N–H and O–H groups in total. The third kappa shape index (κ3) is 4.57. The molecule has 29 heavy (non-hydrogen) atoms. The van der Waals surface area contributed by atoms with Crippen molar-refractivity contribution in [1.82, 2.24) is 9.55 Å². The first kappa shape index (κ1) is 20.2. The van der Waals surface area contributed by atoms with Crippen molar-refractivity contribution in [3.8, 4) is 11.3 Å². The van der Waals surface area contributed by atoms with Crippen LogP contribution in [0.4, 0.5) is 0 Å². The second-order valence-electron chi connectivity index (χ2n) is 9.24. The predicted octanol–water partition coefficient (Wildman–Crippen LogP) is 6.16. The maximum atomic E-state index is 12.7. The lowest BCUT2D eigenvalue weighted by atomic mass is 9.82. The Hall–Kier alpha value is -2.10. The van der Waals surface area contributed by atoms with Gasteiger partial charge in [-0.1, -0.05) is 63.8 Å². The van der Waals surface area contributed by atoms with E-state index in [1.54, 1.807) is 0 Å². The van der Waals surface area contributed by atoms with Gasteiger partial charge in [0.1, 0.15) is 6.10 Å². The van der Waals surface area contributed by atoms with E-state index in [0.29, 0.717) is 18.3 Å². The summed E-state index contributed by atoms with van der Waals surface area (Å²) in [5.74, 6) is 1.10. The van der Waals surface area contributed by atoms with Gasteiger partial charge in [0, 0.05) is 18.4 Å². The Morgan fingerprint density at radius 3 is 2.79 bits per heavy atom. The fraction of sp³-hybridized carbons (Fsp3) is 0.600. The molecule has 2 atom stereocenters. The van der Waals surface area contributed by atoms with Crippen LogP contribution in [0.3, 0.4) is 0 Å². The maximum absolute atomic E-state index is 12.7. The lowest BCUT2D eigenvalue weighted by Gasteiger charge is -2.32. The zero-order chi connectivity index (χ0) is 20.2. The van der Waals surface area contributed by atoms with Crippen LogP contribution in [0.2, 0.25) is 0 Å². The normalized spacial score (nSPS) is 19.8. The highest BCUT2D eigenvalue weighted by atomic mass is 16.5. The van der Waals surface area contributed by atoms with Crippen LogP contribution in [0.25, 0.3) is 11.3 Å². The summed E-state index contributed by atoms with van der Waals surface area (Å²) in [5.41, 5.74) is 3.78. The summed E-state index contributed by atoms with van der Waals surface area (Å²) in [6.45, 7) is 4.41. The fourth-order valence-corrected chi connectivity index (χ4v) is 5.12. The highest BCUT2D eigenvalue weighted by Crippen LogP contribution is 2.43. The number of esters is 1. The summed E-state index contributed by atoms with van der Waals surface area (Å²) < 4.78 is 8.44. The number of benzene rings is 1. The smallest absolute Gasteiger partial charge is 0.306 e. The molecule has 1 aromatic heterocycles. The Bertz CT molecular complexity index is 820. The summed E-state index contributed by atoms with van der Waals surface area (Å²) in [6.07, 6.45) is 13.4. The van der Waals surface area contributed by atoms with Crippen molar-refractivity contribution in [3.05, 3.63) is 42.4 Å². The zero-order valence-electron chi connectivity index (χ0n) is 17.8. The van der Waals surface area contributed by atoms with Crippen LogP contribution >= 0.6 is 0 Å². The van der Waals surface area contributed by atoms with Gasteiger partial charge in [-0.2, -0.15) is 0 Å². The van der Waals surface area contributed by atoms with Gasteiger partial charge in [-0.05, 0) is 36.7 Å². The van der Waals surface area contributed by atoms with Crippen molar-refractivity contribution in [2.75, 3.05) is 0 Å². The Morgan fingerprint density at radius 1 is 1.21 bits per heavy atom. The van der Waals surface area contributed by atoms with Gasteiger partial charge in [-0.3, -0.25) is 4.79 Å². The van der Waals surface area contributed by atoms with Crippen LogP contribution in [0, 0.1) is 11.8 Å². The van der Waals surface area contributed by atoms with Crippen LogP contribution in [-0.2, 0) is 9.53 Å². The first-order chi connectivity index (χ1) is 14.1. The number of ether oxygens (including phenoxy) is 1. The van der Waals surface area contributed by atoms with Crippen LogP contribution < -0.4 is 0 Å². The minimum atomic E-state index is -0.0154. The van der Waals surface area contributed by atoms with E-state index in [-0.39, 0.29) is 18.1 Å². The lowest BCUT2D eigenvalue weighted by molar-refractivity contribution is -0.153. The molecule has 0 radical (unpaired) electrons. The molecular formula is C25H34N2O2. The van der Waals surface area contributed by atoms with Crippen molar-refractivity contribution in [2.45, 2.75) is 83.8 Å². The molecule has 4 rings (SSSR count). The quantitative estimate of drug-likeness (QED) is 0.504. The largest absolute Gasteiger partial charge is 0.462 e. The van der Waals surface area contributed by atoms with E-state index in [1.165, 1.54) is 48.9 Å². The molecule has 1 aliphatic heterocycles. The molecule has 156 valence electrons. The van der Waals surface area contributed by atoms with Crippen LogP contribution in [0.1, 0.15) is 83.2 Å². The molecule has 1 aromatic carbocycles. The third-order valence-corrected chi connectivity index (χ3v) is 6.67. The molecule has 1 saturated carbocycles.